The zero-order valence-corrected chi connectivity index (χ0v) is 19.2. The Bertz CT molecular complexity index is 994. The Kier molecular flexibility index (Phi) is 7.99. The number of carbonyl (C=O) groups is 1. The van der Waals surface area contributed by atoms with E-state index in [-0.39, 0.29) is 24.3 Å². The lowest BCUT2D eigenvalue weighted by Crippen LogP contribution is -2.67. The maximum atomic E-state index is 14.6. The minimum Gasteiger partial charge on any atom is -0.385 e. The first-order valence-corrected chi connectivity index (χ1v) is 11.0. The number of aliphatic hydroxyl groups is 1. The van der Waals surface area contributed by atoms with Crippen LogP contribution < -0.4 is 10.6 Å². The summed E-state index contributed by atoms with van der Waals surface area (Å²) in [5, 5.41) is 16.3. The molecule has 1 saturated heterocycles. The molecule has 1 heterocycles. The third-order valence-corrected chi connectivity index (χ3v) is 5.70. The van der Waals surface area contributed by atoms with Crippen molar-refractivity contribution in [3.05, 3.63) is 58.9 Å². The number of likely N-dealkylation sites (tertiary alicyclic amines) is 1. The first-order chi connectivity index (χ1) is 15.6. The van der Waals surface area contributed by atoms with Crippen molar-refractivity contribution in [1.29, 1.82) is 0 Å². The van der Waals surface area contributed by atoms with E-state index in [0.717, 1.165) is 37.2 Å². The Hall–Kier alpha value is -2.62. The second-order valence-corrected chi connectivity index (χ2v) is 8.80. The van der Waals surface area contributed by atoms with Crippen LogP contribution in [0.2, 0.25) is 0 Å². The lowest BCUT2D eigenvalue weighted by molar-refractivity contribution is -0.0784. The summed E-state index contributed by atoms with van der Waals surface area (Å²) in [6.45, 7) is 3.97. The van der Waals surface area contributed by atoms with Gasteiger partial charge in [0.2, 0.25) is 0 Å². The van der Waals surface area contributed by atoms with Crippen LogP contribution in [0.4, 0.5) is 24.5 Å². The molecule has 9 heteroatoms. The molecule has 0 atom stereocenters. The van der Waals surface area contributed by atoms with Crippen LogP contribution in [-0.4, -0.2) is 73.2 Å². The fourth-order valence-corrected chi connectivity index (χ4v) is 3.80. The van der Waals surface area contributed by atoms with Crippen LogP contribution >= 0.6 is 0 Å². The maximum Gasteiger partial charge on any atom is 0.256 e. The van der Waals surface area contributed by atoms with Crippen molar-refractivity contribution in [3.63, 3.8) is 0 Å². The zero-order valence-electron chi connectivity index (χ0n) is 19.2. The molecule has 1 aliphatic rings. The van der Waals surface area contributed by atoms with Crippen molar-refractivity contribution in [2.75, 3.05) is 52.1 Å². The minimum absolute atomic E-state index is 0.0600. The standard InChI is InChI=1S/C24H31F3N4O2/c1-4-16-6-9-20(19(26)12-16)29-22-17(7-8-18(25)21(22)27)23(32)31-14-24(33,15-31)13-28-10-5-11-30(2)3/h6-9,12,28-29,33H,4-5,10-11,13-15H2,1-3H3. The lowest BCUT2D eigenvalue weighted by atomic mass is 9.92. The van der Waals surface area contributed by atoms with E-state index in [0.29, 0.717) is 13.0 Å². The average molecular weight is 465 g/mol. The van der Waals surface area contributed by atoms with Gasteiger partial charge in [0.25, 0.3) is 5.91 Å². The molecule has 0 saturated carbocycles. The van der Waals surface area contributed by atoms with Gasteiger partial charge in [-0.3, -0.25) is 4.79 Å². The molecule has 1 fully saturated rings. The molecule has 0 aromatic heterocycles. The fourth-order valence-electron chi connectivity index (χ4n) is 3.80. The molecule has 0 aliphatic carbocycles. The zero-order chi connectivity index (χ0) is 24.2. The van der Waals surface area contributed by atoms with E-state index >= 15 is 0 Å². The highest BCUT2D eigenvalue weighted by Gasteiger charge is 2.44. The first kappa shape index (κ1) is 25.0. The summed E-state index contributed by atoms with van der Waals surface area (Å²) in [7, 11) is 3.97. The number of β-amino-alcohol motifs (C(OH)–C–C–N with tert-alkyl or cyclic N) is 1. The number of nitrogens with zero attached hydrogens (tertiary/aromatic N) is 2. The van der Waals surface area contributed by atoms with Crippen molar-refractivity contribution in [3.8, 4) is 0 Å². The van der Waals surface area contributed by atoms with Crippen LogP contribution in [0, 0.1) is 17.5 Å². The van der Waals surface area contributed by atoms with E-state index < -0.39 is 34.6 Å². The molecule has 0 radical (unpaired) electrons. The van der Waals surface area contributed by atoms with Gasteiger partial charge in [-0.1, -0.05) is 13.0 Å². The maximum absolute atomic E-state index is 14.6. The van der Waals surface area contributed by atoms with Crippen molar-refractivity contribution in [2.24, 2.45) is 0 Å². The molecular weight excluding hydrogens is 433 g/mol. The second kappa shape index (κ2) is 10.5. The van der Waals surface area contributed by atoms with Gasteiger partial charge in [-0.15, -0.1) is 0 Å². The number of anilines is 2. The summed E-state index contributed by atoms with van der Waals surface area (Å²) in [6.07, 6.45) is 1.54. The molecule has 6 nitrogen and oxygen atoms in total. The highest BCUT2D eigenvalue weighted by Crippen LogP contribution is 2.31. The van der Waals surface area contributed by atoms with Crippen LogP contribution in [0.25, 0.3) is 0 Å². The van der Waals surface area contributed by atoms with Gasteiger partial charge in [-0.25, -0.2) is 13.2 Å². The predicted octanol–water partition coefficient (Wildman–Crippen LogP) is 3.14. The highest BCUT2D eigenvalue weighted by atomic mass is 19.2. The summed E-state index contributed by atoms with van der Waals surface area (Å²) >= 11 is 0. The van der Waals surface area contributed by atoms with Crippen molar-refractivity contribution in [1.82, 2.24) is 15.1 Å². The third kappa shape index (κ3) is 6.04. The number of hydrogen-bond donors (Lipinski definition) is 3. The SMILES string of the molecule is CCc1ccc(Nc2c(C(=O)N3CC(O)(CNCCCN(C)C)C3)ccc(F)c2F)c(F)c1. The van der Waals surface area contributed by atoms with Crippen LogP contribution in [0.15, 0.2) is 30.3 Å². The number of hydrogen-bond acceptors (Lipinski definition) is 5. The van der Waals surface area contributed by atoms with Gasteiger partial charge in [0.1, 0.15) is 11.4 Å². The molecule has 180 valence electrons. The molecule has 0 bridgehead atoms. The van der Waals surface area contributed by atoms with E-state index in [4.69, 9.17) is 0 Å². The Morgan fingerprint density at radius 2 is 1.88 bits per heavy atom. The van der Waals surface area contributed by atoms with E-state index in [2.05, 4.69) is 15.5 Å². The van der Waals surface area contributed by atoms with Crippen molar-refractivity contribution in [2.45, 2.75) is 25.4 Å². The van der Waals surface area contributed by atoms with Gasteiger partial charge < -0.3 is 25.5 Å². The first-order valence-electron chi connectivity index (χ1n) is 11.0. The lowest BCUT2D eigenvalue weighted by Gasteiger charge is -2.46. The smallest absolute Gasteiger partial charge is 0.256 e. The summed E-state index contributed by atoms with van der Waals surface area (Å²) in [6, 6.07) is 6.44. The van der Waals surface area contributed by atoms with Crippen molar-refractivity contribution >= 4 is 17.3 Å². The number of aryl methyl sites for hydroxylation is 1. The second-order valence-electron chi connectivity index (χ2n) is 8.80. The largest absolute Gasteiger partial charge is 0.385 e. The molecule has 2 aromatic rings. The van der Waals surface area contributed by atoms with Crippen molar-refractivity contribution < 1.29 is 23.1 Å². The van der Waals surface area contributed by atoms with Crippen LogP contribution in [0.5, 0.6) is 0 Å². The molecule has 3 rings (SSSR count). The minimum atomic E-state index is -1.27. The number of amides is 1. The molecule has 1 aliphatic heterocycles. The Labute approximate surface area is 192 Å². The Morgan fingerprint density at radius 1 is 1.15 bits per heavy atom. The van der Waals surface area contributed by atoms with E-state index in [9.17, 15) is 23.1 Å². The van der Waals surface area contributed by atoms with Gasteiger partial charge in [0, 0.05) is 6.54 Å². The molecule has 2 aromatic carbocycles. The summed E-state index contributed by atoms with van der Waals surface area (Å²) in [5.41, 5.74) is -0.950. The fraction of sp³-hybridized carbons (Fsp3) is 0.458. The van der Waals surface area contributed by atoms with E-state index in [1.807, 2.05) is 21.0 Å². The summed E-state index contributed by atoms with van der Waals surface area (Å²) in [5.74, 6) is -3.62. The topological polar surface area (TPSA) is 67.8 Å². The quantitative estimate of drug-likeness (QED) is 0.472. The van der Waals surface area contributed by atoms with Crippen LogP contribution in [0.3, 0.4) is 0 Å². The predicted molar refractivity (Wildman–Crippen MR) is 122 cm³/mol. The Morgan fingerprint density at radius 3 is 2.52 bits per heavy atom. The summed E-state index contributed by atoms with van der Waals surface area (Å²) < 4.78 is 43.0. The molecule has 0 spiro atoms. The number of rotatable bonds is 10. The number of halogens is 3. The molecular formula is C24H31F3N4O2. The monoisotopic (exact) mass is 464 g/mol. The van der Waals surface area contributed by atoms with Gasteiger partial charge in [-0.05, 0) is 69.9 Å². The number of benzene rings is 2. The Balaban J connectivity index is 1.69. The normalized spacial score (nSPS) is 15.0. The highest BCUT2D eigenvalue weighted by molar-refractivity contribution is 6.01. The molecule has 3 N–H and O–H groups in total. The molecule has 33 heavy (non-hydrogen) atoms. The van der Waals surface area contributed by atoms with Gasteiger partial charge >= 0.3 is 0 Å². The molecule has 0 unspecified atom stereocenters. The van der Waals surface area contributed by atoms with Gasteiger partial charge in [0.15, 0.2) is 11.6 Å². The number of carbonyl (C=O) groups excluding carboxylic acids is 1. The average Bonchev–Trinajstić information content (AvgIpc) is 2.75. The van der Waals surface area contributed by atoms with E-state index in [1.54, 1.807) is 6.07 Å². The van der Waals surface area contributed by atoms with Crippen LogP contribution in [-0.2, 0) is 6.42 Å². The van der Waals surface area contributed by atoms with Gasteiger partial charge in [-0.2, -0.15) is 0 Å². The molecule has 1 amide bonds. The van der Waals surface area contributed by atoms with Gasteiger partial charge in [0.05, 0.1) is 30.0 Å². The van der Waals surface area contributed by atoms with E-state index in [1.165, 1.54) is 17.0 Å². The number of nitrogens with one attached hydrogen (secondary N) is 2. The summed E-state index contributed by atoms with van der Waals surface area (Å²) in [4.78, 5) is 16.4. The third-order valence-electron chi connectivity index (χ3n) is 5.70. The van der Waals surface area contributed by atoms with Crippen LogP contribution in [0.1, 0.15) is 29.3 Å².